The van der Waals surface area contributed by atoms with E-state index >= 15 is 0 Å². The van der Waals surface area contributed by atoms with Crippen molar-refractivity contribution < 1.29 is 10.2 Å². The van der Waals surface area contributed by atoms with Crippen molar-refractivity contribution in [2.75, 3.05) is 0 Å². The standard InChI is InChI=1S/C19H32O2/c1-18-9-7-13(20)11-12(18)3-4-14-15-5-6-17(21)19(15,2)10-8-16(14)18/h12-17,20-21H,3-11H2,1-2H3/t12-,13+,14-,15-,16+,17+,18-,19-/m0/s1. The monoisotopic (exact) mass is 292 g/mol. The molecule has 4 aliphatic carbocycles. The molecule has 8 atom stereocenters. The smallest absolute Gasteiger partial charge is 0.0596 e. The molecule has 4 rings (SSSR count). The third kappa shape index (κ3) is 1.91. The predicted octanol–water partition coefficient (Wildman–Crippen LogP) is 3.75. The lowest BCUT2D eigenvalue weighted by atomic mass is 9.45. The first-order valence-corrected chi connectivity index (χ1v) is 9.31. The van der Waals surface area contributed by atoms with Gasteiger partial charge in [0.15, 0.2) is 0 Å². The molecule has 0 aromatic rings. The van der Waals surface area contributed by atoms with Gasteiger partial charge in [-0.3, -0.25) is 0 Å². The van der Waals surface area contributed by atoms with Crippen molar-refractivity contribution in [3.63, 3.8) is 0 Å². The summed E-state index contributed by atoms with van der Waals surface area (Å²) in [7, 11) is 0. The zero-order valence-electron chi connectivity index (χ0n) is 13.7. The Bertz CT molecular complexity index is 422. The first kappa shape index (κ1) is 14.5. The summed E-state index contributed by atoms with van der Waals surface area (Å²) in [6.07, 6.45) is 10.7. The second-order valence-corrected chi connectivity index (χ2v) is 9.22. The summed E-state index contributed by atoms with van der Waals surface area (Å²) in [5.41, 5.74) is 0.676. The topological polar surface area (TPSA) is 40.5 Å². The predicted molar refractivity (Wildman–Crippen MR) is 83.7 cm³/mol. The molecule has 0 amide bonds. The van der Waals surface area contributed by atoms with Gasteiger partial charge >= 0.3 is 0 Å². The maximum absolute atomic E-state index is 10.5. The number of fused-ring (bicyclic) bond motifs is 5. The highest BCUT2D eigenvalue weighted by atomic mass is 16.3. The molecule has 0 saturated heterocycles. The van der Waals surface area contributed by atoms with E-state index in [1.54, 1.807) is 0 Å². The third-order valence-electron chi connectivity index (χ3n) is 8.59. The largest absolute Gasteiger partial charge is 0.393 e. The highest BCUT2D eigenvalue weighted by molar-refractivity contribution is 5.09. The Hall–Kier alpha value is -0.0800. The van der Waals surface area contributed by atoms with Crippen LogP contribution in [0.3, 0.4) is 0 Å². The lowest BCUT2D eigenvalue weighted by Gasteiger charge is -2.60. The molecule has 0 aromatic heterocycles. The van der Waals surface area contributed by atoms with Crippen molar-refractivity contribution >= 4 is 0 Å². The second-order valence-electron chi connectivity index (χ2n) is 9.22. The Balaban J connectivity index is 1.62. The first-order valence-electron chi connectivity index (χ1n) is 9.31. The summed E-state index contributed by atoms with van der Waals surface area (Å²) < 4.78 is 0. The van der Waals surface area contributed by atoms with Crippen molar-refractivity contribution in [1.82, 2.24) is 0 Å². The quantitative estimate of drug-likeness (QED) is 0.714. The van der Waals surface area contributed by atoms with Crippen LogP contribution in [-0.4, -0.2) is 22.4 Å². The van der Waals surface area contributed by atoms with E-state index in [0.717, 1.165) is 42.9 Å². The molecule has 0 bridgehead atoms. The number of hydrogen-bond acceptors (Lipinski definition) is 2. The van der Waals surface area contributed by atoms with Crippen LogP contribution in [0.2, 0.25) is 0 Å². The van der Waals surface area contributed by atoms with E-state index in [9.17, 15) is 10.2 Å². The average Bonchev–Trinajstić information content (AvgIpc) is 2.76. The van der Waals surface area contributed by atoms with Crippen molar-refractivity contribution in [2.24, 2.45) is 34.5 Å². The molecular formula is C19H32O2. The number of aliphatic hydroxyl groups excluding tert-OH is 2. The molecule has 2 nitrogen and oxygen atoms in total. The van der Waals surface area contributed by atoms with E-state index < -0.39 is 0 Å². The molecule has 0 spiro atoms. The van der Waals surface area contributed by atoms with Crippen LogP contribution < -0.4 is 0 Å². The number of hydrogen-bond donors (Lipinski definition) is 2. The molecule has 21 heavy (non-hydrogen) atoms. The maximum Gasteiger partial charge on any atom is 0.0596 e. The van der Waals surface area contributed by atoms with Crippen LogP contribution in [-0.2, 0) is 0 Å². The fraction of sp³-hybridized carbons (Fsp3) is 1.00. The fourth-order valence-electron chi connectivity index (χ4n) is 7.21. The van der Waals surface area contributed by atoms with Gasteiger partial charge in [-0.1, -0.05) is 13.8 Å². The lowest BCUT2D eigenvalue weighted by molar-refractivity contribution is -0.133. The Morgan fingerprint density at radius 1 is 0.762 bits per heavy atom. The molecule has 0 aromatic carbocycles. The molecule has 0 radical (unpaired) electrons. The summed E-state index contributed by atoms with van der Waals surface area (Å²) in [6.45, 7) is 4.90. The SMILES string of the molecule is C[C@]12CC[C@@H](O)C[C@@H]1CC[C@@H]1[C@H]2CC[C@]2(C)[C@H](O)CC[C@@H]12. The van der Waals surface area contributed by atoms with Crippen LogP contribution in [0, 0.1) is 34.5 Å². The van der Waals surface area contributed by atoms with Gasteiger partial charge in [0.2, 0.25) is 0 Å². The Morgan fingerprint density at radius 3 is 2.29 bits per heavy atom. The molecule has 0 unspecified atom stereocenters. The summed E-state index contributed by atoms with van der Waals surface area (Å²) >= 11 is 0. The van der Waals surface area contributed by atoms with Gasteiger partial charge in [0.05, 0.1) is 12.2 Å². The fourth-order valence-corrected chi connectivity index (χ4v) is 7.21. The Morgan fingerprint density at radius 2 is 1.48 bits per heavy atom. The van der Waals surface area contributed by atoms with Crippen molar-refractivity contribution in [3.05, 3.63) is 0 Å². The van der Waals surface area contributed by atoms with Gasteiger partial charge in [0, 0.05) is 0 Å². The summed E-state index contributed by atoms with van der Waals surface area (Å²) in [6, 6.07) is 0. The van der Waals surface area contributed by atoms with Crippen LogP contribution in [0.15, 0.2) is 0 Å². The summed E-state index contributed by atoms with van der Waals surface area (Å²) in [4.78, 5) is 0. The number of aliphatic hydroxyl groups is 2. The van der Waals surface area contributed by atoms with Gasteiger partial charge in [-0.15, -0.1) is 0 Å². The second kappa shape index (κ2) is 4.71. The van der Waals surface area contributed by atoms with E-state index in [1.165, 1.54) is 38.5 Å². The number of rotatable bonds is 0. The zero-order chi connectivity index (χ0) is 14.8. The molecule has 4 fully saturated rings. The van der Waals surface area contributed by atoms with Gasteiger partial charge in [0.1, 0.15) is 0 Å². The highest BCUT2D eigenvalue weighted by Crippen LogP contribution is 2.66. The minimum absolute atomic E-state index is 0.0400. The molecule has 2 heteroatoms. The van der Waals surface area contributed by atoms with Crippen LogP contribution in [0.25, 0.3) is 0 Å². The molecule has 4 saturated carbocycles. The van der Waals surface area contributed by atoms with Gasteiger partial charge in [0.25, 0.3) is 0 Å². The van der Waals surface area contributed by atoms with Gasteiger partial charge in [-0.2, -0.15) is 0 Å². The summed E-state index contributed by atoms with van der Waals surface area (Å²) in [5.74, 6) is 3.21. The molecule has 4 aliphatic rings. The maximum atomic E-state index is 10.5. The van der Waals surface area contributed by atoms with Crippen molar-refractivity contribution in [2.45, 2.75) is 83.8 Å². The third-order valence-corrected chi connectivity index (χ3v) is 8.59. The van der Waals surface area contributed by atoms with Crippen LogP contribution in [0.1, 0.15) is 71.6 Å². The van der Waals surface area contributed by atoms with Gasteiger partial charge < -0.3 is 10.2 Å². The van der Waals surface area contributed by atoms with Crippen molar-refractivity contribution in [1.29, 1.82) is 0 Å². The highest BCUT2D eigenvalue weighted by Gasteiger charge is 2.59. The normalized spacial score (nSPS) is 60.0. The van der Waals surface area contributed by atoms with Crippen LogP contribution >= 0.6 is 0 Å². The van der Waals surface area contributed by atoms with E-state index in [4.69, 9.17) is 0 Å². The molecule has 120 valence electrons. The molecule has 0 heterocycles. The van der Waals surface area contributed by atoms with Gasteiger partial charge in [-0.05, 0) is 92.3 Å². The molecular weight excluding hydrogens is 260 g/mol. The average molecular weight is 292 g/mol. The van der Waals surface area contributed by atoms with Crippen molar-refractivity contribution in [3.8, 4) is 0 Å². The van der Waals surface area contributed by atoms with E-state index in [-0.39, 0.29) is 17.6 Å². The van der Waals surface area contributed by atoms with E-state index in [0.29, 0.717) is 5.41 Å². The van der Waals surface area contributed by atoms with Crippen LogP contribution in [0.5, 0.6) is 0 Å². The lowest BCUT2D eigenvalue weighted by Crippen LogP contribution is -2.54. The van der Waals surface area contributed by atoms with Crippen LogP contribution in [0.4, 0.5) is 0 Å². The van der Waals surface area contributed by atoms with Gasteiger partial charge in [-0.25, -0.2) is 0 Å². The minimum atomic E-state index is -0.0536. The van der Waals surface area contributed by atoms with E-state index in [2.05, 4.69) is 13.8 Å². The first-order chi connectivity index (χ1) is 9.95. The Labute approximate surface area is 129 Å². The minimum Gasteiger partial charge on any atom is -0.393 e. The summed E-state index contributed by atoms with van der Waals surface area (Å²) in [5, 5.41) is 20.5. The zero-order valence-corrected chi connectivity index (χ0v) is 13.7. The Kier molecular flexibility index (Phi) is 3.25. The van der Waals surface area contributed by atoms with E-state index in [1.807, 2.05) is 0 Å². The molecule has 0 aliphatic heterocycles. The molecule has 2 N–H and O–H groups in total.